The van der Waals surface area contributed by atoms with Gasteiger partial charge in [-0.15, -0.1) is 0 Å². The summed E-state index contributed by atoms with van der Waals surface area (Å²) in [5, 5.41) is 3.29. The number of nitrogens with zero attached hydrogens (tertiary/aromatic N) is 2. The lowest BCUT2D eigenvalue weighted by molar-refractivity contribution is -0.139. The monoisotopic (exact) mass is 333 g/mol. The summed E-state index contributed by atoms with van der Waals surface area (Å²) in [7, 11) is 0. The molecule has 2 fully saturated rings. The maximum Gasteiger partial charge on any atom is 0.253 e. The maximum atomic E-state index is 13.0. The Morgan fingerprint density at radius 2 is 1.96 bits per heavy atom. The molecule has 5 nitrogen and oxygen atoms in total. The van der Waals surface area contributed by atoms with Crippen LogP contribution < -0.4 is 5.32 Å². The topological polar surface area (TPSA) is 52.7 Å². The second-order valence-corrected chi connectivity index (χ2v) is 6.68. The molecule has 2 aliphatic heterocycles. The van der Waals surface area contributed by atoms with E-state index >= 15 is 0 Å². The number of rotatable bonds is 2. The molecule has 0 spiro atoms. The molecular weight excluding hydrogens is 309 g/mol. The Balaban J connectivity index is 1.66. The summed E-state index contributed by atoms with van der Waals surface area (Å²) in [5.41, 5.74) is 0.472. The van der Waals surface area contributed by atoms with E-state index in [9.17, 15) is 14.0 Å². The number of benzene rings is 1. The molecule has 2 heterocycles. The van der Waals surface area contributed by atoms with Gasteiger partial charge in [0.05, 0.1) is 5.92 Å². The molecule has 2 saturated heterocycles. The number of piperazine rings is 1. The standard InChI is InChI=1S/C18H24FN3O2/c1-13-11-20-8-10-22(13)18(24)15-3-2-9-21(12-15)17(23)14-4-6-16(19)7-5-14/h4-7,13,15,20H,2-3,8-12H2,1H3/t13-,15?/m1/s1. The zero-order valence-corrected chi connectivity index (χ0v) is 14.0. The van der Waals surface area contributed by atoms with Gasteiger partial charge in [0.25, 0.3) is 5.91 Å². The van der Waals surface area contributed by atoms with Gasteiger partial charge >= 0.3 is 0 Å². The smallest absolute Gasteiger partial charge is 0.253 e. The van der Waals surface area contributed by atoms with Crippen LogP contribution in [-0.4, -0.2) is 60.4 Å². The Morgan fingerprint density at radius 1 is 1.21 bits per heavy atom. The first kappa shape index (κ1) is 16.9. The van der Waals surface area contributed by atoms with Crippen molar-refractivity contribution in [1.29, 1.82) is 0 Å². The van der Waals surface area contributed by atoms with Gasteiger partial charge in [-0.25, -0.2) is 4.39 Å². The van der Waals surface area contributed by atoms with Crippen LogP contribution >= 0.6 is 0 Å². The third kappa shape index (κ3) is 3.59. The van der Waals surface area contributed by atoms with E-state index in [4.69, 9.17) is 0 Å². The number of nitrogens with one attached hydrogen (secondary N) is 1. The fourth-order valence-corrected chi connectivity index (χ4v) is 3.54. The van der Waals surface area contributed by atoms with E-state index in [-0.39, 0.29) is 29.6 Å². The van der Waals surface area contributed by atoms with E-state index in [0.29, 0.717) is 18.7 Å². The number of piperidine rings is 1. The molecule has 0 saturated carbocycles. The van der Waals surface area contributed by atoms with Crippen LogP contribution in [-0.2, 0) is 4.79 Å². The van der Waals surface area contributed by atoms with Crippen LogP contribution in [0.25, 0.3) is 0 Å². The van der Waals surface area contributed by atoms with E-state index in [0.717, 1.165) is 32.5 Å². The summed E-state index contributed by atoms with van der Waals surface area (Å²) in [6, 6.07) is 5.78. The molecule has 0 aliphatic carbocycles. The molecule has 0 bridgehead atoms. The zero-order valence-electron chi connectivity index (χ0n) is 14.0. The van der Waals surface area contributed by atoms with Crippen LogP contribution in [0, 0.1) is 11.7 Å². The zero-order chi connectivity index (χ0) is 17.1. The van der Waals surface area contributed by atoms with Crippen LogP contribution in [0.3, 0.4) is 0 Å². The molecule has 1 aromatic rings. The summed E-state index contributed by atoms with van der Waals surface area (Å²) in [4.78, 5) is 29.1. The van der Waals surface area contributed by atoms with Gasteiger partial charge in [-0.3, -0.25) is 9.59 Å². The van der Waals surface area contributed by atoms with Gasteiger partial charge in [-0.2, -0.15) is 0 Å². The number of amides is 2. The minimum Gasteiger partial charge on any atom is -0.338 e. The fourth-order valence-electron chi connectivity index (χ4n) is 3.54. The largest absolute Gasteiger partial charge is 0.338 e. The highest BCUT2D eigenvalue weighted by Crippen LogP contribution is 2.22. The third-order valence-corrected chi connectivity index (χ3v) is 4.93. The van der Waals surface area contributed by atoms with E-state index in [2.05, 4.69) is 5.32 Å². The highest BCUT2D eigenvalue weighted by molar-refractivity contribution is 5.94. The van der Waals surface area contributed by atoms with Gasteiger partial charge in [0.1, 0.15) is 5.82 Å². The van der Waals surface area contributed by atoms with Crippen molar-refractivity contribution in [1.82, 2.24) is 15.1 Å². The molecule has 1 N–H and O–H groups in total. The molecule has 24 heavy (non-hydrogen) atoms. The molecule has 6 heteroatoms. The number of likely N-dealkylation sites (tertiary alicyclic amines) is 1. The molecule has 0 aromatic heterocycles. The summed E-state index contributed by atoms with van der Waals surface area (Å²) in [6.07, 6.45) is 1.65. The van der Waals surface area contributed by atoms with Crippen molar-refractivity contribution in [2.24, 2.45) is 5.92 Å². The van der Waals surface area contributed by atoms with Crippen molar-refractivity contribution < 1.29 is 14.0 Å². The van der Waals surface area contributed by atoms with E-state index in [1.165, 1.54) is 24.3 Å². The van der Waals surface area contributed by atoms with Crippen LogP contribution in [0.1, 0.15) is 30.1 Å². The fraction of sp³-hybridized carbons (Fsp3) is 0.556. The number of halogens is 1. The summed E-state index contributed by atoms with van der Waals surface area (Å²) < 4.78 is 13.0. The molecular formula is C18H24FN3O2. The lowest BCUT2D eigenvalue weighted by atomic mass is 9.95. The Labute approximate surface area is 141 Å². The summed E-state index contributed by atoms with van der Waals surface area (Å²) >= 11 is 0. The van der Waals surface area contributed by atoms with E-state index in [1.54, 1.807) is 4.90 Å². The number of carbonyl (C=O) groups is 2. The van der Waals surface area contributed by atoms with Gasteiger partial charge in [0, 0.05) is 44.3 Å². The predicted molar refractivity (Wildman–Crippen MR) is 89.1 cm³/mol. The van der Waals surface area contributed by atoms with Gasteiger partial charge in [-0.05, 0) is 44.0 Å². The van der Waals surface area contributed by atoms with Crippen molar-refractivity contribution in [2.75, 3.05) is 32.7 Å². The van der Waals surface area contributed by atoms with Crippen molar-refractivity contribution in [3.63, 3.8) is 0 Å². The Kier molecular flexibility index (Phi) is 5.14. The summed E-state index contributed by atoms with van der Waals surface area (Å²) in [5.74, 6) is -0.462. The Hall–Kier alpha value is -1.95. The molecule has 3 rings (SSSR count). The van der Waals surface area contributed by atoms with E-state index < -0.39 is 0 Å². The van der Waals surface area contributed by atoms with Crippen LogP contribution in [0.15, 0.2) is 24.3 Å². The highest BCUT2D eigenvalue weighted by Gasteiger charge is 2.33. The second-order valence-electron chi connectivity index (χ2n) is 6.68. The number of hydrogen-bond donors (Lipinski definition) is 1. The van der Waals surface area contributed by atoms with Crippen molar-refractivity contribution >= 4 is 11.8 Å². The Bertz CT molecular complexity index is 605. The average Bonchev–Trinajstić information content (AvgIpc) is 2.62. The average molecular weight is 333 g/mol. The van der Waals surface area contributed by atoms with Gasteiger partial charge < -0.3 is 15.1 Å². The SMILES string of the molecule is C[C@@H]1CNCCN1C(=O)C1CCCN(C(=O)c2ccc(F)cc2)C1. The first-order chi connectivity index (χ1) is 11.6. The first-order valence-electron chi connectivity index (χ1n) is 8.62. The number of hydrogen-bond acceptors (Lipinski definition) is 3. The quantitative estimate of drug-likeness (QED) is 0.892. The van der Waals surface area contributed by atoms with Crippen LogP contribution in [0.4, 0.5) is 4.39 Å². The van der Waals surface area contributed by atoms with Gasteiger partial charge in [0.2, 0.25) is 5.91 Å². The lowest BCUT2D eigenvalue weighted by Gasteiger charge is -2.39. The highest BCUT2D eigenvalue weighted by atomic mass is 19.1. The molecule has 1 unspecified atom stereocenters. The first-order valence-corrected chi connectivity index (χ1v) is 8.62. The Morgan fingerprint density at radius 3 is 2.67 bits per heavy atom. The predicted octanol–water partition coefficient (Wildman–Crippen LogP) is 1.50. The second kappa shape index (κ2) is 7.30. The van der Waals surface area contributed by atoms with Gasteiger partial charge in [0.15, 0.2) is 0 Å². The lowest BCUT2D eigenvalue weighted by Crippen LogP contribution is -2.55. The number of carbonyl (C=O) groups excluding carboxylic acids is 2. The normalized spacial score (nSPS) is 24.8. The molecule has 2 aliphatic rings. The minimum absolute atomic E-state index is 0.124. The van der Waals surface area contributed by atoms with E-state index in [1.807, 2.05) is 11.8 Å². The molecule has 130 valence electrons. The summed E-state index contributed by atoms with van der Waals surface area (Å²) in [6.45, 7) is 5.51. The molecule has 2 amide bonds. The van der Waals surface area contributed by atoms with Crippen molar-refractivity contribution in [3.8, 4) is 0 Å². The van der Waals surface area contributed by atoms with Gasteiger partial charge in [-0.1, -0.05) is 0 Å². The molecule has 1 aromatic carbocycles. The van der Waals surface area contributed by atoms with Crippen molar-refractivity contribution in [2.45, 2.75) is 25.8 Å². The molecule has 0 radical (unpaired) electrons. The molecule has 2 atom stereocenters. The van der Waals surface area contributed by atoms with Crippen molar-refractivity contribution in [3.05, 3.63) is 35.6 Å². The van der Waals surface area contributed by atoms with Crippen LogP contribution in [0.2, 0.25) is 0 Å². The third-order valence-electron chi connectivity index (χ3n) is 4.93. The van der Waals surface area contributed by atoms with Crippen LogP contribution in [0.5, 0.6) is 0 Å². The minimum atomic E-state index is -0.356. The maximum absolute atomic E-state index is 13.0.